The van der Waals surface area contributed by atoms with Crippen LogP contribution in [-0.2, 0) is 15.0 Å². The third kappa shape index (κ3) is 4.66. The van der Waals surface area contributed by atoms with E-state index in [-0.39, 0.29) is 0 Å². The minimum atomic E-state index is -3.57. The number of carboxylic acids is 1. The zero-order chi connectivity index (χ0) is 15.3. The number of nitrogens with one attached hydrogen (secondary N) is 1. The summed E-state index contributed by atoms with van der Waals surface area (Å²) in [5.74, 6) is -1.49. The summed E-state index contributed by atoms with van der Waals surface area (Å²) in [5, 5.41) is 9.34. The molecule has 7 heteroatoms. The summed E-state index contributed by atoms with van der Waals surface area (Å²) in [4.78, 5) is 11.4. The fourth-order valence-corrected chi connectivity index (χ4v) is 4.84. The lowest BCUT2D eigenvalue weighted by atomic mass is 9.96. The molecule has 0 amide bonds. The Labute approximate surface area is 127 Å². The lowest BCUT2D eigenvalue weighted by Gasteiger charge is -2.27. The van der Waals surface area contributed by atoms with Gasteiger partial charge in [0.05, 0.1) is 5.92 Å². The Balaban J connectivity index is 2.06. The fraction of sp³-hybridized carbons (Fsp3) is 0.929. The molecule has 1 aliphatic heterocycles. The van der Waals surface area contributed by atoms with Gasteiger partial charge < -0.3 is 5.11 Å². The van der Waals surface area contributed by atoms with Crippen LogP contribution in [0, 0.1) is 5.92 Å². The molecule has 0 aromatic rings. The molecule has 0 aromatic heterocycles. The van der Waals surface area contributed by atoms with Gasteiger partial charge in [0.2, 0.25) is 0 Å². The zero-order valence-electron chi connectivity index (χ0n) is 12.5. The van der Waals surface area contributed by atoms with E-state index in [1.807, 2.05) is 0 Å². The molecule has 2 N–H and O–H groups in total. The highest BCUT2D eigenvalue weighted by Gasteiger charge is 2.34. The molecule has 1 heterocycles. The summed E-state index contributed by atoms with van der Waals surface area (Å²) in [5.41, 5.74) is 0. The van der Waals surface area contributed by atoms with Gasteiger partial charge in [0.1, 0.15) is 0 Å². The smallest absolute Gasteiger partial charge is 0.308 e. The van der Waals surface area contributed by atoms with Gasteiger partial charge in [-0.2, -0.15) is 17.4 Å². The molecule has 0 radical (unpaired) electrons. The van der Waals surface area contributed by atoms with Gasteiger partial charge in [-0.3, -0.25) is 4.79 Å². The van der Waals surface area contributed by atoms with Gasteiger partial charge in [-0.1, -0.05) is 32.1 Å². The Kier molecular flexibility index (Phi) is 6.01. The molecule has 2 rings (SSSR count). The van der Waals surface area contributed by atoms with Crippen molar-refractivity contribution in [2.75, 3.05) is 13.1 Å². The lowest BCUT2D eigenvalue weighted by molar-refractivity contribution is -0.142. The van der Waals surface area contributed by atoms with Crippen LogP contribution in [-0.4, -0.2) is 42.9 Å². The summed E-state index contributed by atoms with van der Waals surface area (Å²) in [6, 6.07) is -0.474. The summed E-state index contributed by atoms with van der Waals surface area (Å²) in [7, 11) is -3.57. The number of hydrogen-bond acceptors (Lipinski definition) is 3. The summed E-state index contributed by atoms with van der Waals surface area (Å²) in [6.07, 6.45) is 7.79. The van der Waals surface area contributed by atoms with Crippen molar-refractivity contribution in [1.29, 1.82) is 0 Å². The Morgan fingerprint density at radius 2 is 1.52 bits per heavy atom. The van der Waals surface area contributed by atoms with Crippen LogP contribution >= 0.6 is 0 Å². The van der Waals surface area contributed by atoms with Gasteiger partial charge in [0.15, 0.2) is 0 Å². The van der Waals surface area contributed by atoms with Gasteiger partial charge in [0.25, 0.3) is 10.2 Å². The van der Waals surface area contributed by atoms with E-state index in [4.69, 9.17) is 0 Å². The standard InChI is InChI=1S/C14H26N2O4S/c17-14(18)12-8-4-3-5-9-13(12)15-21(19,20)16-10-6-1-2-7-11-16/h12-13,15H,1-11H2,(H,17,18). The predicted molar refractivity (Wildman–Crippen MR) is 80.1 cm³/mol. The monoisotopic (exact) mass is 318 g/mol. The first kappa shape index (κ1) is 16.7. The van der Waals surface area contributed by atoms with Gasteiger partial charge in [0, 0.05) is 19.1 Å². The molecular formula is C14H26N2O4S. The van der Waals surface area contributed by atoms with Gasteiger partial charge in [-0.05, 0) is 25.7 Å². The van der Waals surface area contributed by atoms with E-state index < -0.39 is 28.1 Å². The maximum absolute atomic E-state index is 12.5. The molecule has 2 unspecified atom stereocenters. The number of aliphatic carboxylic acids is 1. The molecule has 0 bridgehead atoms. The highest BCUT2D eigenvalue weighted by atomic mass is 32.2. The SMILES string of the molecule is O=C(O)C1CCCCCC1NS(=O)(=O)N1CCCCCC1. The van der Waals surface area contributed by atoms with Crippen LogP contribution in [0.1, 0.15) is 57.8 Å². The molecule has 2 fully saturated rings. The minimum Gasteiger partial charge on any atom is -0.481 e. The third-order valence-electron chi connectivity index (χ3n) is 4.54. The molecule has 21 heavy (non-hydrogen) atoms. The van der Waals surface area contributed by atoms with Crippen molar-refractivity contribution in [3.8, 4) is 0 Å². The minimum absolute atomic E-state index is 0.474. The van der Waals surface area contributed by atoms with E-state index >= 15 is 0 Å². The largest absolute Gasteiger partial charge is 0.481 e. The number of nitrogens with zero attached hydrogens (tertiary/aromatic N) is 1. The zero-order valence-corrected chi connectivity index (χ0v) is 13.3. The van der Waals surface area contributed by atoms with Crippen molar-refractivity contribution < 1.29 is 18.3 Å². The second-order valence-electron chi connectivity index (χ2n) is 6.13. The Morgan fingerprint density at radius 1 is 0.952 bits per heavy atom. The molecule has 0 aromatic carbocycles. The van der Waals surface area contributed by atoms with Crippen LogP contribution in [0.3, 0.4) is 0 Å². The molecule has 2 aliphatic rings. The topological polar surface area (TPSA) is 86.7 Å². The maximum atomic E-state index is 12.5. The van der Waals surface area contributed by atoms with Crippen LogP contribution in [0.15, 0.2) is 0 Å². The predicted octanol–water partition coefficient (Wildman–Crippen LogP) is 1.73. The van der Waals surface area contributed by atoms with E-state index in [1.54, 1.807) is 0 Å². The normalized spacial score (nSPS) is 29.5. The van der Waals surface area contributed by atoms with Crippen LogP contribution in [0.5, 0.6) is 0 Å². The highest BCUT2D eigenvalue weighted by Crippen LogP contribution is 2.25. The lowest BCUT2D eigenvalue weighted by Crippen LogP contribution is -2.49. The first-order valence-electron chi connectivity index (χ1n) is 8.01. The first-order valence-corrected chi connectivity index (χ1v) is 9.45. The van der Waals surface area contributed by atoms with E-state index in [9.17, 15) is 18.3 Å². The molecule has 2 atom stereocenters. The Morgan fingerprint density at radius 3 is 2.14 bits per heavy atom. The van der Waals surface area contributed by atoms with Crippen LogP contribution in [0.2, 0.25) is 0 Å². The molecule has 1 aliphatic carbocycles. The fourth-order valence-electron chi connectivity index (χ4n) is 3.29. The molecule has 122 valence electrons. The molecule has 0 spiro atoms. The quantitative estimate of drug-likeness (QED) is 0.773. The second kappa shape index (κ2) is 7.56. The molecule has 6 nitrogen and oxygen atoms in total. The average Bonchev–Trinajstić information content (AvgIpc) is 2.80. The second-order valence-corrected chi connectivity index (χ2v) is 7.83. The van der Waals surface area contributed by atoms with Gasteiger partial charge in [-0.15, -0.1) is 0 Å². The number of carboxylic acid groups (broad SMARTS) is 1. The van der Waals surface area contributed by atoms with E-state index in [0.717, 1.165) is 44.9 Å². The van der Waals surface area contributed by atoms with Gasteiger partial charge >= 0.3 is 5.97 Å². The summed E-state index contributed by atoms with van der Waals surface area (Å²) < 4.78 is 29.2. The first-order chi connectivity index (χ1) is 10.0. The van der Waals surface area contributed by atoms with Crippen LogP contribution in [0.25, 0.3) is 0 Å². The highest BCUT2D eigenvalue weighted by molar-refractivity contribution is 7.87. The van der Waals surface area contributed by atoms with Gasteiger partial charge in [-0.25, -0.2) is 0 Å². The Bertz CT molecular complexity index is 444. The number of rotatable bonds is 4. The van der Waals surface area contributed by atoms with Crippen molar-refractivity contribution in [3.63, 3.8) is 0 Å². The van der Waals surface area contributed by atoms with Crippen LogP contribution < -0.4 is 4.72 Å². The Hall–Kier alpha value is -0.660. The molecule has 1 saturated carbocycles. The molecule has 1 saturated heterocycles. The van der Waals surface area contributed by atoms with Crippen molar-refractivity contribution >= 4 is 16.2 Å². The van der Waals surface area contributed by atoms with Crippen molar-refractivity contribution in [1.82, 2.24) is 9.03 Å². The number of carbonyl (C=O) groups is 1. The van der Waals surface area contributed by atoms with Crippen LogP contribution in [0.4, 0.5) is 0 Å². The van der Waals surface area contributed by atoms with Crippen molar-refractivity contribution in [3.05, 3.63) is 0 Å². The van der Waals surface area contributed by atoms with E-state index in [1.165, 1.54) is 4.31 Å². The summed E-state index contributed by atoms with van der Waals surface area (Å²) >= 11 is 0. The van der Waals surface area contributed by atoms with Crippen molar-refractivity contribution in [2.24, 2.45) is 5.92 Å². The van der Waals surface area contributed by atoms with Crippen molar-refractivity contribution in [2.45, 2.75) is 63.8 Å². The number of hydrogen-bond donors (Lipinski definition) is 2. The van der Waals surface area contributed by atoms with E-state index in [0.29, 0.717) is 25.9 Å². The molecular weight excluding hydrogens is 292 g/mol. The van der Waals surface area contributed by atoms with E-state index in [2.05, 4.69) is 4.72 Å². The average molecular weight is 318 g/mol. The summed E-state index contributed by atoms with van der Waals surface area (Å²) in [6.45, 7) is 1.08. The maximum Gasteiger partial charge on any atom is 0.308 e. The third-order valence-corrected chi connectivity index (χ3v) is 6.18.